The second-order valence-electron chi connectivity index (χ2n) is 3.74. The van der Waals surface area contributed by atoms with Crippen LogP contribution in [0.15, 0.2) is 12.7 Å². The Labute approximate surface area is 85.7 Å². The predicted octanol–water partition coefficient (Wildman–Crippen LogP) is 1.44. The first-order valence-electron chi connectivity index (χ1n) is 5.34. The second kappa shape index (κ2) is 5.75. The molecule has 0 spiro atoms. The van der Waals surface area contributed by atoms with Crippen molar-refractivity contribution in [1.82, 2.24) is 20.1 Å². The Balaban J connectivity index is 2.31. The largest absolute Gasteiger partial charge is 0.319 e. The molecule has 0 bridgehead atoms. The summed E-state index contributed by atoms with van der Waals surface area (Å²) in [7, 11) is 0. The zero-order valence-corrected chi connectivity index (χ0v) is 9.27. The van der Waals surface area contributed by atoms with E-state index in [1.807, 2.05) is 4.57 Å². The van der Waals surface area contributed by atoms with Crippen LogP contribution in [0.3, 0.4) is 0 Å². The van der Waals surface area contributed by atoms with Gasteiger partial charge in [-0.2, -0.15) is 0 Å². The summed E-state index contributed by atoms with van der Waals surface area (Å²) in [5.74, 6) is 0. The Hall–Kier alpha value is -0.900. The molecule has 1 N–H and O–H groups in total. The number of aromatic nitrogens is 3. The van der Waals surface area contributed by atoms with E-state index < -0.39 is 0 Å². The summed E-state index contributed by atoms with van der Waals surface area (Å²) in [6, 6.07) is 1.09. The molecule has 1 rings (SSSR count). The highest BCUT2D eigenvalue weighted by Gasteiger charge is 2.08. The normalized spacial score (nSPS) is 13.4. The summed E-state index contributed by atoms with van der Waals surface area (Å²) in [4.78, 5) is 0. The molecule has 1 aromatic rings. The molecule has 0 fully saturated rings. The van der Waals surface area contributed by atoms with E-state index in [9.17, 15) is 0 Å². The summed E-state index contributed by atoms with van der Waals surface area (Å²) < 4.78 is 2.00. The Morgan fingerprint density at radius 3 is 2.29 bits per heavy atom. The molecule has 4 nitrogen and oxygen atoms in total. The summed E-state index contributed by atoms with van der Waals surface area (Å²) in [5, 5.41) is 11.1. The van der Waals surface area contributed by atoms with Crippen LogP contribution in [0, 0.1) is 0 Å². The quantitative estimate of drug-likeness (QED) is 0.748. The summed E-state index contributed by atoms with van der Waals surface area (Å²) in [6.07, 6.45) is 5.88. The summed E-state index contributed by atoms with van der Waals surface area (Å²) >= 11 is 0. The maximum atomic E-state index is 3.78. The Morgan fingerprint density at radius 1 is 1.21 bits per heavy atom. The average Bonchev–Trinajstić information content (AvgIpc) is 2.66. The molecule has 0 amide bonds. The van der Waals surface area contributed by atoms with E-state index in [0.717, 1.165) is 6.54 Å². The highest BCUT2D eigenvalue weighted by molar-refractivity contribution is 4.71. The lowest BCUT2D eigenvalue weighted by atomic mass is 10.1. The fourth-order valence-corrected chi connectivity index (χ4v) is 1.61. The van der Waals surface area contributed by atoms with E-state index >= 15 is 0 Å². The van der Waals surface area contributed by atoms with Gasteiger partial charge in [0.05, 0.1) is 0 Å². The van der Waals surface area contributed by atoms with Crippen molar-refractivity contribution in [2.45, 2.75) is 52.2 Å². The van der Waals surface area contributed by atoms with Crippen LogP contribution < -0.4 is 5.32 Å². The topological polar surface area (TPSA) is 42.7 Å². The summed E-state index contributed by atoms with van der Waals surface area (Å²) in [6.45, 7) is 7.56. The fraction of sp³-hybridized carbons (Fsp3) is 0.800. The molecule has 0 saturated heterocycles. The van der Waals surface area contributed by atoms with Crippen molar-refractivity contribution in [2.75, 3.05) is 0 Å². The first kappa shape index (κ1) is 11.2. The van der Waals surface area contributed by atoms with Crippen molar-refractivity contribution in [3.8, 4) is 0 Å². The van der Waals surface area contributed by atoms with Gasteiger partial charge in [-0.1, -0.05) is 13.8 Å². The third kappa shape index (κ3) is 3.46. The minimum atomic E-state index is 0.468. The monoisotopic (exact) mass is 196 g/mol. The van der Waals surface area contributed by atoms with Crippen LogP contribution in [-0.2, 0) is 6.54 Å². The van der Waals surface area contributed by atoms with E-state index in [2.05, 4.69) is 36.3 Å². The van der Waals surface area contributed by atoms with Crippen LogP contribution in [0.25, 0.3) is 0 Å². The van der Waals surface area contributed by atoms with Crippen LogP contribution in [-0.4, -0.2) is 26.8 Å². The lowest BCUT2D eigenvalue weighted by molar-refractivity contribution is 0.391. The van der Waals surface area contributed by atoms with Gasteiger partial charge in [0.25, 0.3) is 0 Å². The zero-order valence-electron chi connectivity index (χ0n) is 9.27. The van der Waals surface area contributed by atoms with Crippen molar-refractivity contribution in [3.05, 3.63) is 12.7 Å². The van der Waals surface area contributed by atoms with Gasteiger partial charge < -0.3 is 9.88 Å². The van der Waals surface area contributed by atoms with E-state index in [-0.39, 0.29) is 0 Å². The molecule has 0 aliphatic rings. The third-order valence-electron chi connectivity index (χ3n) is 2.46. The number of rotatable bonds is 6. The molecule has 0 aliphatic heterocycles. The molecule has 1 unspecified atom stereocenters. The minimum Gasteiger partial charge on any atom is -0.319 e. The van der Waals surface area contributed by atoms with E-state index in [0.29, 0.717) is 12.1 Å². The smallest absolute Gasteiger partial charge is 0.119 e. The number of nitrogens with zero attached hydrogens (tertiary/aromatic N) is 3. The van der Waals surface area contributed by atoms with Gasteiger partial charge in [-0.15, -0.1) is 10.2 Å². The molecule has 0 saturated carbocycles. The van der Waals surface area contributed by atoms with Crippen molar-refractivity contribution in [2.24, 2.45) is 0 Å². The van der Waals surface area contributed by atoms with Crippen molar-refractivity contribution in [3.63, 3.8) is 0 Å². The molecule has 1 heterocycles. The van der Waals surface area contributed by atoms with Gasteiger partial charge in [-0.05, 0) is 19.8 Å². The third-order valence-corrected chi connectivity index (χ3v) is 2.46. The van der Waals surface area contributed by atoms with E-state index in [1.165, 1.54) is 12.8 Å². The van der Waals surface area contributed by atoms with Crippen molar-refractivity contribution >= 4 is 0 Å². The zero-order chi connectivity index (χ0) is 10.4. The molecular weight excluding hydrogens is 176 g/mol. The molecular formula is C10H20N4. The van der Waals surface area contributed by atoms with Crippen LogP contribution >= 0.6 is 0 Å². The standard InChI is InChI=1S/C10H20N4/c1-4-10(5-2)13-9(3)6-14-7-11-12-8-14/h7-10,13H,4-6H2,1-3H3. The molecule has 0 aliphatic carbocycles. The average molecular weight is 196 g/mol. The van der Waals surface area contributed by atoms with Crippen LogP contribution in [0.2, 0.25) is 0 Å². The highest BCUT2D eigenvalue weighted by atomic mass is 15.2. The SMILES string of the molecule is CCC(CC)NC(C)Cn1cnnc1. The Morgan fingerprint density at radius 2 is 1.79 bits per heavy atom. The van der Waals surface area contributed by atoms with E-state index in [1.54, 1.807) is 12.7 Å². The van der Waals surface area contributed by atoms with Gasteiger partial charge in [0.15, 0.2) is 0 Å². The fourth-order valence-electron chi connectivity index (χ4n) is 1.61. The van der Waals surface area contributed by atoms with Gasteiger partial charge in [-0.3, -0.25) is 0 Å². The first-order valence-corrected chi connectivity index (χ1v) is 5.34. The van der Waals surface area contributed by atoms with Crippen molar-refractivity contribution in [1.29, 1.82) is 0 Å². The van der Waals surface area contributed by atoms with Crippen LogP contribution in [0.4, 0.5) is 0 Å². The lowest BCUT2D eigenvalue weighted by Gasteiger charge is -2.21. The molecule has 1 aromatic heterocycles. The van der Waals surface area contributed by atoms with E-state index in [4.69, 9.17) is 0 Å². The number of hydrogen-bond acceptors (Lipinski definition) is 3. The van der Waals surface area contributed by atoms with Crippen LogP contribution in [0.5, 0.6) is 0 Å². The second-order valence-corrected chi connectivity index (χ2v) is 3.74. The maximum Gasteiger partial charge on any atom is 0.119 e. The van der Waals surface area contributed by atoms with Gasteiger partial charge in [-0.25, -0.2) is 0 Å². The highest BCUT2D eigenvalue weighted by Crippen LogP contribution is 1.99. The Bertz CT molecular complexity index is 228. The Kier molecular flexibility index (Phi) is 4.59. The predicted molar refractivity (Wildman–Crippen MR) is 57.0 cm³/mol. The van der Waals surface area contributed by atoms with Gasteiger partial charge >= 0.3 is 0 Å². The van der Waals surface area contributed by atoms with Crippen LogP contribution in [0.1, 0.15) is 33.6 Å². The number of nitrogens with one attached hydrogen (secondary N) is 1. The van der Waals surface area contributed by atoms with Crippen molar-refractivity contribution < 1.29 is 0 Å². The maximum absolute atomic E-state index is 3.78. The number of hydrogen-bond donors (Lipinski definition) is 1. The molecule has 4 heteroatoms. The first-order chi connectivity index (χ1) is 6.76. The van der Waals surface area contributed by atoms with Gasteiger partial charge in [0.2, 0.25) is 0 Å². The molecule has 80 valence electrons. The molecule has 14 heavy (non-hydrogen) atoms. The molecule has 1 atom stereocenters. The lowest BCUT2D eigenvalue weighted by Crippen LogP contribution is -2.38. The molecule has 0 radical (unpaired) electrons. The summed E-state index contributed by atoms with van der Waals surface area (Å²) in [5.41, 5.74) is 0. The minimum absolute atomic E-state index is 0.468. The van der Waals surface area contributed by atoms with Gasteiger partial charge in [0, 0.05) is 18.6 Å². The van der Waals surface area contributed by atoms with Gasteiger partial charge in [0.1, 0.15) is 12.7 Å². The molecule has 0 aromatic carbocycles.